The van der Waals surface area contributed by atoms with Gasteiger partial charge in [0.2, 0.25) is 0 Å². The molecule has 0 amide bonds. The standard InChI is InChI=1S/C22H48NO5P/c1-5-6-7-8-9-10-11-12-13-14-15-16-19-27-20-17-18-22(23(2,3)4)21-28-29(24,25)26/h22H,5-21H2,1-4H3,(H-,24,25,26). The zero-order valence-electron chi connectivity index (χ0n) is 19.6. The summed E-state index contributed by atoms with van der Waals surface area (Å²) < 4.78 is 21.7. The zero-order chi connectivity index (χ0) is 22.0. The second kappa shape index (κ2) is 17.7. The van der Waals surface area contributed by atoms with Crippen molar-refractivity contribution in [2.24, 2.45) is 0 Å². The Morgan fingerprint density at radius 2 is 1.28 bits per heavy atom. The zero-order valence-corrected chi connectivity index (χ0v) is 20.5. The first-order chi connectivity index (χ1) is 13.7. The van der Waals surface area contributed by atoms with E-state index in [-0.39, 0.29) is 12.6 Å². The van der Waals surface area contributed by atoms with Crippen molar-refractivity contribution in [3.8, 4) is 0 Å². The van der Waals surface area contributed by atoms with Gasteiger partial charge in [-0.05, 0) is 12.8 Å². The molecule has 0 rings (SSSR count). The normalized spacial score (nSPS) is 15.4. The van der Waals surface area contributed by atoms with E-state index in [9.17, 15) is 9.46 Å². The van der Waals surface area contributed by atoms with E-state index in [1.807, 2.05) is 21.1 Å². The summed E-state index contributed by atoms with van der Waals surface area (Å²) in [5, 5.41) is 0. The van der Waals surface area contributed by atoms with Crippen molar-refractivity contribution in [2.75, 3.05) is 41.0 Å². The Hall–Kier alpha value is 0.0300. The van der Waals surface area contributed by atoms with Crippen LogP contribution >= 0.6 is 7.82 Å². The number of phosphoric ester groups is 1. The van der Waals surface area contributed by atoms with E-state index in [1.165, 1.54) is 70.6 Å². The Balaban J connectivity index is 3.49. The maximum absolute atomic E-state index is 10.8. The van der Waals surface area contributed by atoms with Crippen LogP contribution in [0.5, 0.6) is 0 Å². The Kier molecular flexibility index (Phi) is 17.7. The number of hydrogen-bond acceptors (Lipinski definition) is 4. The number of rotatable bonds is 21. The highest BCUT2D eigenvalue weighted by molar-refractivity contribution is 7.44. The van der Waals surface area contributed by atoms with Crippen LogP contribution < -0.4 is 4.89 Å². The molecule has 0 fully saturated rings. The number of ether oxygens (including phenoxy) is 1. The molecule has 0 aromatic rings. The van der Waals surface area contributed by atoms with Crippen LogP contribution in [0.3, 0.4) is 0 Å². The van der Waals surface area contributed by atoms with Gasteiger partial charge in [-0.2, -0.15) is 0 Å². The first kappa shape index (κ1) is 29.0. The van der Waals surface area contributed by atoms with Crippen LogP contribution in [0.4, 0.5) is 0 Å². The lowest BCUT2D eigenvalue weighted by Crippen LogP contribution is -2.47. The molecule has 2 atom stereocenters. The van der Waals surface area contributed by atoms with E-state index in [4.69, 9.17) is 9.63 Å². The van der Waals surface area contributed by atoms with Gasteiger partial charge in [-0.1, -0.05) is 77.6 Å². The summed E-state index contributed by atoms with van der Waals surface area (Å²) >= 11 is 0. The molecule has 0 saturated heterocycles. The third-order valence-corrected chi connectivity index (χ3v) is 5.97. The number of hydrogen-bond donors (Lipinski definition) is 1. The molecule has 0 bridgehead atoms. The number of likely N-dealkylation sites (N-methyl/N-ethyl adjacent to an activating group) is 1. The van der Waals surface area contributed by atoms with Gasteiger partial charge < -0.3 is 23.5 Å². The van der Waals surface area contributed by atoms with Gasteiger partial charge in [0, 0.05) is 19.6 Å². The fourth-order valence-corrected chi connectivity index (χ4v) is 3.80. The minimum Gasteiger partial charge on any atom is -0.756 e. The molecule has 2 unspecified atom stereocenters. The molecule has 0 spiro atoms. The van der Waals surface area contributed by atoms with Gasteiger partial charge in [0.25, 0.3) is 7.82 Å². The summed E-state index contributed by atoms with van der Waals surface area (Å²) in [6.45, 7) is 3.75. The molecule has 0 aromatic carbocycles. The Labute approximate surface area is 180 Å². The van der Waals surface area contributed by atoms with E-state index >= 15 is 0 Å². The largest absolute Gasteiger partial charge is 0.756 e. The van der Waals surface area contributed by atoms with E-state index in [0.717, 1.165) is 25.9 Å². The van der Waals surface area contributed by atoms with E-state index < -0.39 is 7.82 Å². The monoisotopic (exact) mass is 437 g/mol. The molecule has 7 heteroatoms. The second-order valence-corrected chi connectivity index (χ2v) is 10.4. The van der Waals surface area contributed by atoms with E-state index in [0.29, 0.717) is 11.1 Å². The molecule has 6 nitrogen and oxygen atoms in total. The van der Waals surface area contributed by atoms with Crippen LogP contribution in [0.1, 0.15) is 96.8 Å². The molecule has 0 aliphatic rings. The van der Waals surface area contributed by atoms with Crippen molar-refractivity contribution < 1.29 is 28.1 Å². The van der Waals surface area contributed by atoms with Crippen molar-refractivity contribution in [1.29, 1.82) is 0 Å². The van der Waals surface area contributed by atoms with Crippen molar-refractivity contribution in [3.63, 3.8) is 0 Å². The van der Waals surface area contributed by atoms with Crippen LogP contribution in [0.25, 0.3) is 0 Å². The number of quaternary nitrogens is 1. The molecule has 0 heterocycles. The molecule has 0 radical (unpaired) electrons. The van der Waals surface area contributed by atoms with Gasteiger partial charge in [-0.15, -0.1) is 0 Å². The molecule has 0 aliphatic carbocycles. The summed E-state index contributed by atoms with van der Waals surface area (Å²) in [6, 6.07) is -0.000306. The average Bonchev–Trinajstić information content (AvgIpc) is 2.61. The highest BCUT2D eigenvalue weighted by Crippen LogP contribution is 2.31. The molecular weight excluding hydrogens is 389 g/mol. The van der Waals surface area contributed by atoms with Gasteiger partial charge in [0.05, 0.1) is 21.1 Å². The lowest BCUT2D eigenvalue weighted by molar-refractivity contribution is -0.896. The molecule has 176 valence electrons. The molecule has 29 heavy (non-hydrogen) atoms. The van der Waals surface area contributed by atoms with Gasteiger partial charge in [-0.25, -0.2) is 0 Å². The summed E-state index contributed by atoms with van der Waals surface area (Å²) in [7, 11) is 1.33. The van der Waals surface area contributed by atoms with Gasteiger partial charge in [0.15, 0.2) is 0 Å². The number of phosphoric acid groups is 1. The molecule has 0 aliphatic heterocycles. The van der Waals surface area contributed by atoms with Crippen LogP contribution in [0.15, 0.2) is 0 Å². The fourth-order valence-electron chi connectivity index (χ4n) is 3.44. The third-order valence-electron chi connectivity index (χ3n) is 5.49. The van der Waals surface area contributed by atoms with E-state index in [1.54, 1.807) is 0 Å². The molecule has 0 aromatic heterocycles. The van der Waals surface area contributed by atoms with Crippen molar-refractivity contribution in [2.45, 2.75) is 103 Å². The minimum absolute atomic E-state index is 0.000306. The predicted octanol–water partition coefficient (Wildman–Crippen LogP) is 5.04. The van der Waals surface area contributed by atoms with E-state index in [2.05, 4.69) is 11.4 Å². The quantitative estimate of drug-likeness (QED) is 0.155. The van der Waals surface area contributed by atoms with Gasteiger partial charge >= 0.3 is 0 Å². The molecule has 1 N–H and O–H groups in total. The maximum Gasteiger partial charge on any atom is 0.265 e. The Bertz CT molecular complexity index is 408. The van der Waals surface area contributed by atoms with Gasteiger partial charge in [0.1, 0.15) is 12.6 Å². The van der Waals surface area contributed by atoms with Crippen LogP contribution in [-0.2, 0) is 13.8 Å². The molecular formula is C22H48NO5P. The van der Waals surface area contributed by atoms with Crippen LogP contribution in [0.2, 0.25) is 0 Å². The van der Waals surface area contributed by atoms with Gasteiger partial charge in [-0.3, -0.25) is 4.57 Å². The topological polar surface area (TPSA) is 78.8 Å². The fraction of sp³-hybridized carbons (Fsp3) is 1.00. The number of unbranched alkanes of at least 4 members (excludes halogenated alkanes) is 11. The predicted molar refractivity (Wildman–Crippen MR) is 119 cm³/mol. The Morgan fingerprint density at radius 1 is 0.828 bits per heavy atom. The van der Waals surface area contributed by atoms with Crippen molar-refractivity contribution >= 4 is 7.82 Å². The lowest BCUT2D eigenvalue weighted by Gasteiger charge is -2.35. The SMILES string of the molecule is CCCCCCCCCCCCCCOCCCC(COP(=O)([O-])O)[N+](C)(C)C. The first-order valence-electron chi connectivity index (χ1n) is 11.7. The minimum atomic E-state index is -4.66. The van der Waals surface area contributed by atoms with Crippen molar-refractivity contribution in [1.82, 2.24) is 0 Å². The van der Waals surface area contributed by atoms with Crippen LogP contribution in [-0.4, -0.2) is 56.4 Å². The third kappa shape index (κ3) is 21.1. The molecule has 0 saturated carbocycles. The van der Waals surface area contributed by atoms with Crippen molar-refractivity contribution in [3.05, 3.63) is 0 Å². The highest BCUT2D eigenvalue weighted by atomic mass is 31.2. The summed E-state index contributed by atoms with van der Waals surface area (Å²) in [5.41, 5.74) is 0. The van der Waals surface area contributed by atoms with Crippen LogP contribution in [0, 0.1) is 0 Å². The summed E-state index contributed by atoms with van der Waals surface area (Å²) in [6.07, 6.45) is 17.7. The first-order valence-corrected chi connectivity index (χ1v) is 13.2. The smallest absolute Gasteiger partial charge is 0.265 e. The lowest BCUT2D eigenvalue weighted by atomic mass is 10.1. The summed E-state index contributed by atoms with van der Waals surface area (Å²) in [5.74, 6) is 0. The average molecular weight is 438 g/mol. The highest BCUT2D eigenvalue weighted by Gasteiger charge is 2.25. The maximum atomic E-state index is 10.8. The number of nitrogens with zero attached hydrogens (tertiary/aromatic N) is 1. The summed E-state index contributed by atoms with van der Waals surface area (Å²) in [4.78, 5) is 19.6. The Morgan fingerprint density at radius 3 is 1.72 bits per heavy atom. The second-order valence-electron chi connectivity index (χ2n) is 9.18.